The number of carbonyl (C=O) groups is 2. The fourth-order valence-corrected chi connectivity index (χ4v) is 4.09. The monoisotopic (exact) mass is 481 g/mol. The van der Waals surface area contributed by atoms with E-state index in [1.165, 1.54) is 47.4 Å². The van der Waals surface area contributed by atoms with Crippen molar-refractivity contribution in [3.05, 3.63) is 99.8 Å². The van der Waals surface area contributed by atoms with E-state index < -0.39 is 23.5 Å². The molecule has 3 aromatic rings. The van der Waals surface area contributed by atoms with Crippen LogP contribution in [0, 0.1) is 5.82 Å². The van der Waals surface area contributed by atoms with Crippen molar-refractivity contribution in [2.24, 2.45) is 0 Å². The lowest BCUT2D eigenvalue weighted by molar-refractivity contribution is -0.140. The van der Waals surface area contributed by atoms with Gasteiger partial charge in [0.2, 0.25) is 0 Å². The first kappa shape index (κ1) is 23.3. The van der Waals surface area contributed by atoms with Gasteiger partial charge in [0.1, 0.15) is 23.1 Å². The molecular weight excluding hydrogens is 461 g/mol. The zero-order valence-electron chi connectivity index (χ0n) is 18.2. The second-order valence-corrected chi connectivity index (χ2v) is 8.13. The number of ether oxygens (including phenoxy) is 1. The Kier molecular flexibility index (Phi) is 6.56. The van der Waals surface area contributed by atoms with E-state index in [0.29, 0.717) is 29.0 Å². The Bertz CT molecular complexity index is 1270. The second-order valence-electron chi connectivity index (χ2n) is 7.72. The summed E-state index contributed by atoms with van der Waals surface area (Å²) in [5.74, 6) is -2.01. The first-order valence-electron chi connectivity index (χ1n) is 10.5. The summed E-state index contributed by atoms with van der Waals surface area (Å²) in [5, 5.41) is 21.0. The van der Waals surface area contributed by atoms with Gasteiger partial charge >= 0.3 is 0 Å². The van der Waals surface area contributed by atoms with Crippen LogP contribution < -0.4 is 4.74 Å². The highest BCUT2D eigenvalue weighted by Gasteiger charge is 2.46. The van der Waals surface area contributed by atoms with Crippen LogP contribution in [-0.2, 0) is 16.1 Å². The number of nitrogens with zero attached hydrogens (tertiary/aromatic N) is 1. The smallest absolute Gasteiger partial charge is 0.295 e. The minimum Gasteiger partial charge on any atom is -0.507 e. The fraction of sp³-hybridized carbons (Fsp3) is 0.154. The molecule has 1 unspecified atom stereocenters. The summed E-state index contributed by atoms with van der Waals surface area (Å²) in [4.78, 5) is 27.4. The third-order valence-corrected chi connectivity index (χ3v) is 5.84. The third-order valence-electron chi connectivity index (χ3n) is 5.53. The van der Waals surface area contributed by atoms with Crippen molar-refractivity contribution >= 4 is 29.1 Å². The molecule has 3 aromatic carbocycles. The molecule has 0 saturated carbocycles. The minimum absolute atomic E-state index is 0.00588. The number of hydrogen-bond donors (Lipinski definition) is 2. The minimum atomic E-state index is -0.977. The van der Waals surface area contributed by atoms with Crippen LogP contribution in [0.5, 0.6) is 11.5 Å². The van der Waals surface area contributed by atoms with Gasteiger partial charge in [0.15, 0.2) is 0 Å². The molecule has 8 heteroatoms. The number of rotatable bonds is 6. The Hall–Kier alpha value is -3.84. The zero-order valence-corrected chi connectivity index (χ0v) is 18.9. The van der Waals surface area contributed by atoms with Crippen LogP contribution in [0.25, 0.3) is 5.76 Å². The SMILES string of the molecule is CCOc1ccc(/C(O)=C2/C(=O)C(=O)N(Cc3ccc(F)cc3)C2c2ccc(O)c(Cl)c2)cc1. The van der Waals surface area contributed by atoms with Gasteiger partial charge < -0.3 is 19.8 Å². The lowest BCUT2D eigenvalue weighted by Crippen LogP contribution is -2.29. The molecule has 0 bridgehead atoms. The molecule has 4 rings (SSSR count). The van der Waals surface area contributed by atoms with E-state index in [1.807, 2.05) is 6.92 Å². The number of halogens is 2. The molecular formula is C26H21ClFNO5. The highest BCUT2D eigenvalue weighted by molar-refractivity contribution is 6.46. The Balaban J connectivity index is 1.83. The predicted octanol–water partition coefficient (Wildman–Crippen LogP) is 5.21. The number of likely N-dealkylation sites (tertiary alicyclic amines) is 1. The van der Waals surface area contributed by atoms with E-state index >= 15 is 0 Å². The molecule has 0 radical (unpaired) electrons. The number of aliphatic hydroxyl groups excluding tert-OH is 1. The quantitative estimate of drug-likeness (QED) is 0.287. The molecule has 34 heavy (non-hydrogen) atoms. The summed E-state index contributed by atoms with van der Waals surface area (Å²) in [6, 6.07) is 15.4. The fourth-order valence-electron chi connectivity index (χ4n) is 3.90. The summed E-state index contributed by atoms with van der Waals surface area (Å²) in [6.07, 6.45) is 0. The largest absolute Gasteiger partial charge is 0.507 e. The number of hydrogen-bond acceptors (Lipinski definition) is 5. The van der Waals surface area contributed by atoms with Crippen LogP contribution in [0.2, 0.25) is 5.02 Å². The number of benzene rings is 3. The molecule has 0 aliphatic carbocycles. The molecule has 1 aliphatic heterocycles. The Morgan fingerprint density at radius 3 is 2.35 bits per heavy atom. The van der Waals surface area contributed by atoms with E-state index in [2.05, 4.69) is 0 Å². The van der Waals surface area contributed by atoms with Gasteiger partial charge in [0.05, 0.1) is 23.2 Å². The molecule has 1 fully saturated rings. The van der Waals surface area contributed by atoms with Crippen molar-refractivity contribution in [2.75, 3.05) is 6.61 Å². The first-order chi connectivity index (χ1) is 16.3. The Labute approximate surface area is 200 Å². The molecule has 1 aliphatic rings. The highest BCUT2D eigenvalue weighted by Crippen LogP contribution is 2.42. The summed E-state index contributed by atoms with van der Waals surface area (Å²) < 4.78 is 18.8. The maximum Gasteiger partial charge on any atom is 0.295 e. The van der Waals surface area contributed by atoms with Gasteiger partial charge in [0, 0.05) is 12.1 Å². The topological polar surface area (TPSA) is 87.1 Å². The average Bonchev–Trinajstić information content (AvgIpc) is 3.07. The number of phenolic OH excluding ortho intramolecular Hbond substituents is 1. The van der Waals surface area contributed by atoms with Gasteiger partial charge in [-0.25, -0.2) is 4.39 Å². The maximum absolute atomic E-state index is 13.4. The van der Waals surface area contributed by atoms with Gasteiger partial charge in [-0.05, 0) is 66.6 Å². The summed E-state index contributed by atoms with van der Waals surface area (Å²) in [5.41, 5.74) is 1.24. The number of aromatic hydroxyl groups is 1. The van der Waals surface area contributed by atoms with Crippen LogP contribution in [0.4, 0.5) is 4.39 Å². The molecule has 0 aromatic heterocycles. The molecule has 0 spiro atoms. The van der Waals surface area contributed by atoms with Gasteiger partial charge in [-0.2, -0.15) is 0 Å². The van der Waals surface area contributed by atoms with E-state index in [0.717, 1.165) is 0 Å². The molecule has 174 valence electrons. The van der Waals surface area contributed by atoms with Crippen molar-refractivity contribution in [3.8, 4) is 11.5 Å². The summed E-state index contributed by atoms with van der Waals surface area (Å²) in [7, 11) is 0. The molecule has 1 atom stereocenters. The van der Waals surface area contributed by atoms with Crippen molar-refractivity contribution in [3.63, 3.8) is 0 Å². The van der Waals surface area contributed by atoms with Gasteiger partial charge in [-0.3, -0.25) is 9.59 Å². The zero-order chi connectivity index (χ0) is 24.4. The van der Waals surface area contributed by atoms with Crippen molar-refractivity contribution < 1.29 is 28.9 Å². The van der Waals surface area contributed by atoms with Crippen LogP contribution in [-0.4, -0.2) is 33.4 Å². The van der Waals surface area contributed by atoms with E-state index in [4.69, 9.17) is 16.3 Å². The van der Waals surface area contributed by atoms with E-state index in [1.54, 1.807) is 24.3 Å². The van der Waals surface area contributed by atoms with Crippen molar-refractivity contribution in [2.45, 2.75) is 19.5 Å². The van der Waals surface area contributed by atoms with E-state index in [9.17, 15) is 24.2 Å². The van der Waals surface area contributed by atoms with Gasteiger partial charge in [0.25, 0.3) is 11.7 Å². The lowest BCUT2D eigenvalue weighted by Gasteiger charge is -2.25. The Morgan fingerprint density at radius 1 is 1.06 bits per heavy atom. The summed E-state index contributed by atoms with van der Waals surface area (Å²) in [6.45, 7) is 2.31. The summed E-state index contributed by atoms with van der Waals surface area (Å²) >= 11 is 6.11. The Morgan fingerprint density at radius 2 is 1.74 bits per heavy atom. The molecule has 6 nitrogen and oxygen atoms in total. The molecule has 1 saturated heterocycles. The second kappa shape index (κ2) is 9.57. The predicted molar refractivity (Wildman–Crippen MR) is 125 cm³/mol. The number of Topliss-reactive ketones (excluding diaryl/α,β-unsaturated/α-hetero) is 1. The van der Waals surface area contributed by atoms with Crippen LogP contribution in [0.1, 0.15) is 29.7 Å². The molecule has 2 N–H and O–H groups in total. The first-order valence-corrected chi connectivity index (χ1v) is 10.9. The standard InChI is InChI=1S/C26H21ClFNO5/c1-2-34-19-10-5-16(6-11-19)24(31)22-23(17-7-12-21(30)20(27)13-17)29(26(33)25(22)32)14-15-3-8-18(28)9-4-15/h3-13,23,30-31H,2,14H2,1H3/b24-22-. The number of ketones is 1. The average molecular weight is 482 g/mol. The number of phenols is 1. The van der Waals surface area contributed by atoms with Gasteiger partial charge in [-0.15, -0.1) is 0 Å². The molecule has 1 heterocycles. The van der Waals surface area contributed by atoms with Crippen LogP contribution in [0.15, 0.2) is 72.3 Å². The number of carbonyl (C=O) groups excluding carboxylic acids is 2. The van der Waals surface area contributed by atoms with Crippen molar-refractivity contribution in [1.29, 1.82) is 0 Å². The van der Waals surface area contributed by atoms with E-state index in [-0.39, 0.29) is 28.6 Å². The number of aliphatic hydroxyl groups is 1. The van der Waals surface area contributed by atoms with Gasteiger partial charge in [-0.1, -0.05) is 29.8 Å². The normalized spacial score (nSPS) is 17.3. The van der Waals surface area contributed by atoms with Crippen molar-refractivity contribution in [1.82, 2.24) is 4.90 Å². The maximum atomic E-state index is 13.4. The van der Waals surface area contributed by atoms with Crippen LogP contribution >= 0.6 is 11.6 Å². The molecule has 1 amide bonds. The highest BCUT2D eigenvalue weighted by atomic mass is 35.5. The lowest BCUT2D eigenvalue weighted by atomic mass is 9.95. The van der Waals surface area contributed by atoms with Crippen LogP contribution in [0.3, 0.4) is 0 Å². The number of amides is 1. The third kappa shape index (κ3) is 4.47.